The first-order chi connectivity index (χ1) is 12.6. The van der Waals surface area contributed by atoms with Gasteiger partial charge in [-0.3, -0.25) is 4.98 Å². The van der Waals surface area contributed by atoms with Crippen molar-refractivity contribution in [2.24, 2.45) is 0 Å². The van der Waals surface area contributed by atoms with Gasteiger partial charge in [0.25, 0.3) is 0 Å². The molecule has 0 saturated heterocycles. The Labute approximate surface area is 151 Å². The van der Waals surface area contributed by atoms with Gasteiger partial charge in [0.05, 0.1) is 18.2 Å². The minimum atomic E-state index is -0.439. The number of esters is 1. The minimum absolute atomic E-state index is 0.250. The number of hydrogen-bond acceptors (Lipinski definition) is 7. The molecule has 3 heterocycles. The van der Waals surface area contributed by atoms with Crippen molar-refractivity contribution in [3.63, 3.8) is 0 Å². The van der Waals surface area contributed by atoms with Crippen molar-refractivity contribution in [3.05, 3.63) is 59.2 Å². The van der Waals surface area contributed by atoms with E-state index in [2.05, 4.69) is 19.9 Å². The largest absolute Gasteiger partial charge is 0.473 e. The van der Waals surface area contributed by atoms with Crippen LogP contribution in [0.1, 0.15) is 34.3 Å². The van der Waals surface area contributed by atoms with E-state index in [4.69, 9.17) is 9.26 Å². The first-order valence-corrected chi connectivity index (χ1v) is 8.20. The standard InChI is InChI=1S/C19H19N3O4/c1-4-16-15(18(22-26-16)13-6-5-12(2)20-9-13)11-25-17-8-7-14(10-21-17)19(23)24-3/h5-10H,4,11H2,1-3H3. The monoisotopic (exact) mass is 353 g/mol. The number of carbonyl (C=O) groups excluding carboxylic acids is 1. The predicted molar refractivity (Wildman–Crippen MR) is 93.8 cm³/mol. The molecular formula is C19H19N3O4. The maximum atomic E-state index is 11.4. The fourth-order valence-electron chi connectivity index (χ4n) is 2.45. The molecule has 0 radical (unpaired) electrons. The fourth-order valence-corrected chi connectivity index (χ4v) is 2.45. The summed E-state index contributed by atoms with van der Waals surface area (Å²) in [6.07, 6.45) is 3.87. The second kappa shape index (κ2) is 7.77. The average molecular weight is 353 g/mol. The predicted octanol–water partition coefficient (Wildman–Crippen LogP) is 3.37. The van der Waals surface area contributed by atoms with Crippen molar-refractivity contribution in [1.82, 2.24) is 15.1 Å². The van der Waals surface area contributed by atoms with Crippen LogP contribution < -0.4 is 4.74 Å². The third-order valence-corrected chi connectivity index (χ3v) is 3.90. The molecule has 0 fully saturated rings. The van der Waals surface area contributed by atoms with Gasteiger partial charge in [0.2, 0.25) is 5.88 Å². The van der Waals surface area contributed by atoms with Crippen molar-refractivity contribution in [2.45, 2.75) is 26.9 Å². The van der Waals surface area contributed by atoms with Crippen molar-refractivity contribution in [2.75, 3.05) is 7.11 Å². The first-order valence-electron chi connectivity index (χ1n) is 8.20. The Morgan fingerprint density at radius 1 is 1.15 bits per heavy atom. The number of methoxy groups -OCH3 is 1. The van der Waals surface area contributed by atoms with Gasteiger partial charge in [0.15, 0.2) is 0 Å². The van der Waals surface area contributed by atoms with Crippen molar-refractivity contribution >= 4 is 5.97 Å². The second-order valence-corrected chi connectivity index (χ2v) is 5.64. The molecule has 134 valence electrons. The zero-order valence-corrected chi connectivity index (χ0v) is 14.9. The highest BCUT2D eigenvalue weighted by Gasteiger charge is 2.18. The van der Waals surface area contributed by atoms with Gasteiger partial charge in [-0.2, -0.15) is 0 Å². The third-order valence-electron chi connectivity index (χ3n) is 3.90. The number of hydrogen-bond donors (Lipinski definition) is 0. The van der Waals surface area contributed by atoms with Gasteiger partial charge in [-0.05, 0) is 25.1 Å². The SMILES string of the molecule is CCc1onc(-c2ccc(C)nc2)c1COc1ccc(C(=O)OC)cn1. The molecule has 0 atom stereocenters. The van der Waals surface area contributed by atoms with Gasteiger partial charge in [0, 0.05) is 36.1 Å². The van der Waals surface area contributed by atoms with Gasteiger partial charge >= 0.3 is 5.97 Å². The fraction of sp³-hybridized carbons (Fsp3) is 0.263. The van der Waals surface area contributed by atoms with E-state index in [0.717, 1.165) is 22.6 Å². The lowest BCUT2D eigenvalue weighted by molar-refractivity contribution is 0.0600. The molecule has 26 heavy (non-hydrogen) atoms. The van der Waals surface area contributed by atoms with E-state index in [1.807, 2.05) is 26.0 Å². The molecule has 0 aromatic carbocycles. The van der Waals surface area contributed by atoms with E-state index < -0.39 is 5.97 Å². The minimum Gasteiger partial charge on any atom is -0.473 e. The van der Waals surface area contributed by atoms with Gasteiger partial charge in [0.1, 0.15) is 18.1 Å². The highest BCUT2D eigenvalue weighted by atomic mass is 16.5. The molecule has 0 amide bonds. The van der Waals surface area contributed by atoms with E-state index in [9.17, 15) is 4.79 Å². The molecule has 0 unspecified atom stereocenters. The van der Waals surface area contributed by atoms with Gasteiger partial charge in [-0.15, -0.1) is 0 Å². The highest BCUT2D eigenvalue weighted by Crippen LogP contribution is 2.26. The lowest BCUT2D eigenvalue weighted by Gasteiger charge is -2.07. The van der Waals surface area contributed by atoms with Crippen LogP contribution in [0, 0.1) is 6.92 Å². The van der Waals surface area contributed by atoms with Crippen LogP contribution in [0.4, 0.5) is 0 Å². The molecule has 3 rings (SSSR count). The van der Waals surface area contributed by atoms with Crippen LogP contribution in [-0.2, 0) is 17.8 Å². The Hall–Kier alpha value is -3.22. The molecule has 0 aliphatic carbocycles. The van der Waals surface area contributed by atoms with Gasteiger partial charge in [-0.25, -0.2) is 9.78 Å². The van der Waals surface area contributed by atoms with Crippen molar-refractivity contribution in [1.29, 1.82) is 0 Å². The number of carbonyl (C=O) groups is 1. The number of pyridine rings is 2. The van der Waals surface area contributed by atoms with Crippen LogP contribution >= 0.6 is 0 Å². The van der Waals surface area contributed by atoms with Crippen LogP contribution in [0.5, 0.6) is 5.88 Å². The highest BCUT2D eigenvalue weighted by molar-refractivity contribution is 5.88. The Kier molecular flexibility index (Phi) is 5.26. The number of ether oxygens (including phenoxy) is 2. The number of aromatic nitrogens is 3. The van der Waals surface area contributed by atoms with Crippen LogP contribution in [-0.4, -0.2) is 28.2 Å². The van der Waals surface area contributed by atoms with E-state index >= 15 is 0 Å². The zero-order valence-electron chi connectivity index (χ0n) is 14.9. The van der Waals surface area contributed by atoms with Crippen LogP contribution in [0.2, 0.25) is 0 Å². The topological polar surface area (TPSA) is 87.3 Å². The molecule has 7 heteroatoms. The average Bonchev–Trinajstić information content (AvgIpc) is 3.09. The zero-order chi connectivity index (χ0) is 18.5. The Bertz CT molecular complexity index is 886. The van der Waals surface area contributed by atoms with Gasteiger partial charge < -0.3 is 14.0 Å². The number of rotatable bonds is 6. The smallest absolute Gasteiger partial charge is 0.339 e. The molecule has 0 bridgehead atoms. The summed E-state index contributed by atoms with van der Waals surface area (Å²) in [5, 5.41) is 4.17. The van der Waals surface area contributed by atoms with E-state index in [1.165, 1.54) is 13.3 Å². The maximum Gasteiger partial charge on any atom is 0.339 e. The van der Waals surface area contributed by atoms with E-state index in [1.54, 1.807) is 18.3 Å². The van der Waals surface area contributed by atoms with E-state index in [0.29, 0.717) is 23.6 Å². The number of aryl methyl sites for hydroxylation is 2. The summed E-state index contributed by atoms with van der Waals surface area (Å²) in [4.78, 5) is 19.9. The first kappa shape index (κ1) is 17.6. The Balaban J connectivity index is 1.80. The molecule has 3 aromatic heterocycles. The van der Waals surface area contributed by atoms with Gasteiger partial charge in [-0.1, -0.05) is 12.1 Å². The summed E-state index contributed by atoms with van der Waals surface area (Å²) in [6, 6.07) is 7.10. The molecule has 7 nitrogen and oxygen atoms in total. The number of nitrogens with zero attached hydrogens (tertiary/aromatic N) is 3. The van der Waals surface area contributed by atoms with E-state index in [-0.39, 0.29) is 6.61 Å². The molecule has 0 aliphatic heterocycles. The van der Waals surface area contributed by atoms with Crippen molar-refractivity contribution in [3.8, 4) is 17.1 Å². The van der Waals surface area contributed by atoms with Crippen LogP contribution in [0.15, 0.2) is 41.2 Å². The summed E-state index contributed by atoms with van der Waals surface area (Å²) in [5.41, 5.74) is 3.73. The lowest BCUT2D eigenvalue weighted by atomic mass is 10.1. The summed E-state index contributed by atoms with van der Waals surface area (Å²) in [6.45, 7) is 4.17. The summed E-state index contributed by atoms with van der Waals surface area (Å²) in [7, 11) is 1.33. The van der Waals surface area contributed by atoms with Crippen LogP contribution in [0.3, 0.4) is 0 Å². The quantitative estimate of drug-likeness (QED) is 0.628. The maximum absolute atomic E-state index is 11.4. The summed E-state index contributed by atoms with van der Waals surface area (Å²) < 4.78 is 15.9. The molecule has 3 aromatic rings. The normalized spacial score (nSPS) is 10.6. The molecular weight excluding hydrogens is 334 g/mol. The Morgan fingerprint density at radius 2 is 2.00 bits per heavy atom. The van der Waals surface area contributed by atoms with Crippen LogP contribution in [0.25, 0.3) is 11.3 Å². The Morgan fingerprint density at radius 3 is 2.62 bits per heavy atom. The molecule has 0 spiro atoms. The summed E-state index contributed by atoms with van der Waals surface area (Å²) >= 11 is 0. The third kappa shape index (κ3) is 3.72. The molecule has 0 aliphatic rings. The lowest BCUT2D eigenvalue weighted by Crippen LogP contribution is -2.04. The molecule has 0 N–H and O–H groups in total. The molecule has 0 saturated carbocycles. The second-order valence-electron chi connectivity index (χ2n) is 5.64. The summed E-state index contributed by atoms with van der Waals surface area (Å²) in [5.74, 6) is 0.714. The van der Waals surface area contributed by atoms with Crippen molar-refractivity contribution < 1.29 is 18.8 Å².